The third kappa shape index (κ3) is 4.24. The molecule has 0 radical (unpaired) electrons. The number of carbonyl (C=O) groups excluding carboxylic acids is 1. The lowest BCUT2D eigenvalue weighted by molar-refractivity contribution is -0.109. The second kappa shape index (κ2) is 5.15. The molecule has 2 heteroatoms. The number of carbonyl (C=O) groups is 1. The van der Waals surface area contributed by atoms with E-state index in [9.17, 15) is 4.79 Å². The third-order valence-corrected chi connectivity index (χ3v) is 1.21. The van der Waals surface area contributed by atoms with Gasteiger partial charge in [0.25, 0.3) is 0 Å². The first kappa shape index (κ1) is 9.34. The van der Waals surface area contributed by atoms with Crippen LogP contribution in [0, 0.1) is 5.92 Å². The van der Waals surface area contributed by atoms with Gasteiger partial charge in [0.15, 0.2) is 0 Å². The van der Waals surface area contributed by atoms with Crippen molar-refractivity contribution in [3.05, 3.63) is 0 Å². The molecule has 0 aliphatic carbocycles. The van der Waals surface area contributed by atoms with Gasteiger partial charge in [-0.1, -0.05) is 13.8 Å². The van der Waals surface area contributed by atoms with Gasteiger partial charge in [-0.15, -0.1) is 0 Å². The Balaban J connectivity index is 3.71. The van der Waals surface area contributed by atoms with E-state index in [1.165, 1.54) is 0 Å². The quantitative estimate of drug-likeness (QED) is 0.432. The van der Waals surface area contributed by atoms with Crippen LogP contribution < -0.4 is 0 Å². The van der Waals surface area contributed by atoms with Crippen molar-refractivity contribution < 1.29 is 4.79 Å². The van der Waals surface area contributed by atoms with Crippen molar-refractivity contribution in [3.63, 3.8) is 0 Å². The van der Waals surface area contributed by atoms with Gasteiger partial charge in [-0.05, 0) is 25.5 Å². The number of aldehydes is 1. The molecule has 10 heavy (non-hydrogen) atoms. The lowest BCUT2D eigenvalue weighted by atomic mass is 10.1. The van der Waals surface area contributed by atoms with Crippen LogP contribution in [0.2, 0.25) is 0 Å². The lowest BCUT2D eigenvalue weighted by Crippen LogP contribution is -2.09. The van der Waals surface area contributed by atoms with Gasteiger partial charge >= 0.3 is 0 Å². The zero-order valence-corrected chi connectivity index (χ0v) is 6.87. The Kier molecular flexibility index (Phi) is 4.81. The molecule has 0 fully saturated rings. The molecule has 0 spiro atoms. The first-order valence-corrected chi connectivity index (χ1v) is 3.63. The highest BCUT2D eigenvalue weighted by atomic mass is 16.1. The number of aliphatic imine (C=N–C) groups is 1. The molecule has 0 N–H and O–H groups in total. The summed E-state index contributed by atoms with van der Waals surface area (Å²) in [5.41, 5.74) is 0. The molecule has 0 rings (SSSR count). The van der Waals surface area contributed by atoms with Crippen LogP contribution in [-0.4, -0.2) is 18.5 Å². The fourth-order valence-corrected chi connectivity index (χ4v) is 0.826. The molecule has 0 aromatic carbocycles. The summed E-state index contributed by atoms with van der Waals surface area (Å²) in [6, 6.07) is -0.120. The standard InChI is InChI=1S/C8H15NO/c1-4-9-8(6-10)5-7(2)3/h4,6-8H,5H2,1-3H3/t8-/m0/s1. The van der Waals surface area contributed by atoms with E-state index in [0.717, 1.165) is 12.7 Å². The summed E-state index contributed by atoms with van der Waals surface area (Å²) in [6.45, 7) is 6.00. The minimum Gasteiger partial charge on any atom is -0.301 e. The van der Waals surface area contributed by atoms with Gasteiger partial charge in [0.2, 0.25) is 0 Å². The molecule has 0 aromatic rings. The van der Waals surface area contributed by atoms with Crippen LogP contribution >= 0.6 is 0 Å². The average molecular weight is 141 g/mol. The van der Waals surface area contributed by atoms with Crippen molar-refractivity contribution in [2.75, 3.05) is 0 Å². The molecule has 1 atom stereocenters. The Morgan fingerprint density at radius 2 is 2.10 bits per heavy atom. The smallest absolute Gasteiger partial charge is 0.144 e. The zero-order valence-electron chi connectivity index (χ0n) is 6.87. The summed E-state index contributed by atoms with van der Waals surface area (Å²) in [7, 11) is 0. The first-order valence-electron chi connectivity index (χ1n) is 3.63. The van der Waals surface area contributed by atoms with Gasteiger partial charge in [0, 0.05) is 0 Å². The van der Waals surface area contributed by atoms with Crippen LogP contribution in [0.25, 0.3) is 0 Å². The SMILES string of the molecule is CC=N[C@H](C=O)CC(C)C. The van der Waals surface area contributed by atoms with Crippen LogP contribution in [0.4, 0.5) is 0 Å². The van der Waals surface area contributed by atoms with E-state index >= 15 is 0 Å². The first-order chi connectivity index (χ1) is 4.70. The van der Waals surface area contributed by atoms with E-state index in [1.807, 2.05) is 6.92 Å². The molecule has 0 bridgehead atoms. The van der Waals surface area contributed by atoms with E-state index in [0.29, 0.717) is 5.92 Å². The molecule has 0 aliphatic rings. The van der Waals surface area contributed by atoms with Crippen molar-refractivity contribution >= 4 is 12.5 Å². The topological polar surface area (TPSA) is 29.4 Å². The summed E-state index contributed by atoms with van der Waals surface area (Å²) in [6.07, 6.45) is 3.44. The molecular weight excluding hydrogens is 126 g/mol. The van der Waals surface area contributed by atoms with Crippen molar-refractivity contribution in [2.24, 2.45) is 10.9 Å². The monoisotopic (exact) mass is 141 g/mol. The van der Waals surface area contributed by atoms with Gasteiger partial charge in [-0.2, -0.15) is 0 Å². The molecule has 0 heterocycles. The minimum atomic E-state index is -0.120. The van der Waals surface area contributed by atoms with Crippen LogP contribution in [0.1, 0.15) is 27.2 Å². The maximum atomic E-state index is 10.3. The summed E-state index contributed by atoms with van der Waals surface area (Å²) in [5.74, 6) is 0.541. The summed E-state index contributed by atoms with van der Waals surface area (Å²) in [4.78, 5) is 14.3. The molecular formula is C8H15NO. The van der Waals surface area contributed by atoms with Crippen LogP contribution in [-0.2, 0) is 4.79 Å². The van der Waals surface area contributed by atoms with Gasteiger partial charge in [-0.25, -0.2) is 0 Å². The maximum absolute atomic E-state index is 10.3. The number of nitrogens with zero attached hydrogens (tertiary/aromatic N) is 1. The molecule has 2 nitrogen and oxygen atoms in total. The van der Waals surface area contributed by atoms with Gasteiger partial charge in [0.1, 0.15) is 12.3 Å². The minimum absolute atomic E-state index is 0.120. The Morgan fingerprint density at radius 1 is 1.50 bits per heavy atom. The second-order valence-corrected chi connectivity index (χ2v) is 2.74. The predicted molar refractivity (Wildman–Crippen MR) is 43.5 cm³/mol. The van der Waals surface area contributed by atoms with Crippen molar-refractivity contribution in [3.8, 4) is 0 Å². The van der Waals surface area contributed by atoms with Crippen LogP contribution in [0.15, 0.2) is 4.99 Å². The van der Waals surface area contributed by atoms with E-state index < -0.39 is 0 Å². The summed E-state index contributed by atoms with van der Waals surface area (Å²) < 4.78 is 0. The van der Waals surface area contributed by atoms with Crippen LogP contribution in [0.3, 0.4) is 0 Å². The van der Waals surface area contributed by atoms with E-state index in [2.05, 4.69) is 18.8 Å². The Morgan fingerprint density at radius 3 is 2.40 bits per heavy atom. The largest absolute Gasteiger partial charge is 0.301 e. The maximum Gasteiger partial charge on any atom is 0.144 e. The normalized spacial score (nSPS) is 14.4. The Bertz CT molecular complexity index is 118. The van der Waals surface area contributed by atoms with Gasteiger partial charge < -0.3 is 4.79 Å². The molecule has 0 aliphatic heterocycles. The van der Waals surface area contributed by atoms with Gasteiger partial charge in [-0.3, -0.25) is 4.99 Å². The molecule has 0 aromatic heterocycles. The number of hydrogen-bond donors (Lipinski definition) is 0. The summed E-state index contributed by atoms with van der Waals surface area (Å²) >= 11 is 0. The second-order valence-electron chi connectivity index (χ2n) is 2.74. The van der Waals surface area contributed by atoms with Crippen LogP contribution in [0.5, 0.6) is 0 Å². The van der Waals surface area contributed by atoms with Crippen molar-refractivity contribution in [2.45, 2.75) is 33.2 Å². The fraction of sp³-hybridized carbons (Fsp3) is 0.750. The molecule has 0 saturated heterocycles. The zero-order chi connectivity index (χ0) is 7.98. The van der Waals surface area contributed by atoms with E-state index in [1.54, 1.807) is 6.21 Å². The average Bonchev–Trinajstić information content (AvgIpc) is 1.86. The molecule has 0 saturated carbocycles. The highest BCUT2D eigenvalue weighted by Gasteiger charge is 2.05. The van der Waals surface area contributed by atoms with E-state index in [4.69, 9.17) is 0 Å². The highest BCUT2D eigenvalue weighted by molar-refractivity contribution is 5.63. The van der Waals surface area contributed by atoms with Crippen molar-refractivity contribution in [1.29, 1.82) is 0 Å². The number of hydrogen-bond acceptors (Lipinski definition) is 2. The predicted octanol–water partition coefficient (Wildman–Crippen LogP) is 1.69. The number of rotatable bonds is 4. The Hall–Kier alpha value is -0.660. The Labute approximate surface area is 62.4 Å². The van der Waals surface area contributed by atoms with Crippen molar-refractivity contribution in [1.82, 2.24) is 0 Å². The highest BCUT2D eigenvalue weighted by Crippen LogP contribution is 2.04. The third-order valence-electron chi connectivity index (χ3n) is 1.21. The summed E-state index contributed by atoms with van der Waals surface area (Å²) in [5, 5.41) is 0. The molecule has 0 unspecified atom stereocenters. The fourth-order valence-electron chi connectivity index (χ4n) is 0.826. The van der Waals surface area contributed by atoms with Gasteiger partial charge in [0.05, 0.1) is 0 Å². The lowest BCUT2D eigenvalue weighted by Gasteiger charge is -2.06. The molecule has 58 valence electrons. The molecule has 0 amide bonds. The van der Waals surface area contributed by atoms with E-state index in [-0.39, 0.29) is 6.04 Å².